The molecule has 1 N–H and O–H groups in total. The molecule has 0 fully saturated rings. The number of aromatic nitrogens is 2. The fourth-order valence-electron chi connectivity index (χ4n) is 2.88. The number of ether oxygens (including phenoxy) is 2. The highest BCUT2D eigenvalue weighted by atomic mass is 19.1. The maximum absolute atomic E-state index is 13.1. The van der Waals surface area contributed by atoms with Gasteiger partial charge in [0.25, 0.3) is 0 Å². The first-order chi connectivity index (χ1) is 15.9. The van der Waals surface area contributed by atoms with Crippen LogP contribution in [0.15, 0.2) is 60.9 Å². The third-order valence-electron chi connectivity index (χ3n) is 4.75. The molecular formula is C24H27FN4O4. The van der Waals surface area contributed by atoms with E-state index in [0.717, 1.165) is 11.3 Å². The molecule has 33 heavy (non-hydrogen) atoms. The van der Waals surface area contributed by atoms with E-state index in [4.69, 9.17) is 9.47 Å². The summed E-state index contributed by atoms with van der Waals surface area (Å²) < 4.78 is 25.6. The third kappa shape index (κ3) is 7.95. The van der Waals surface area contributed by atoms with E-state index < -0.39 is 5.82 Å². The van der Waals surface area contributed by atoms with Crippen LogP contribution in [-0.4, -0.2) is 53.3 Å². The fourth-order valence-corrected chi connectivity index (χ4v) is 2.88. The van der Waals surface area contributed by atoms with Crippen LogP contribution in [0.1, 0.15) is 12.0 Å². The summed E-state index contributed by atoms with van der Waals surface area (Å²) in [6.45, 7) is 2.97. The Labute approximate surface area is 191 Å². The molecule has 3 aromatic rings. The summed E-state index contributed by atoms with van der Waals surface area (Å²) in [6.07, 6.45) is 3.14. The normalized spacial score (nSPS) is 10.5. The number of rotatable bonds is 11. The van der Waals surface area contributed by atoms with Gasteiger partial charge in [0.1, 0.15) is 30.5 Å². The number of likely N-dealkylation sites (N-methyl/N-ethyl adjacent to an activating group) is 1. The summed E-state index contributed by atoms with van der Waals surface area (Å²) in [5.74, 6) is 0.315. The van der Waals surface area contributed by atoms with Crippen LogP contribution >= 0.6 is 0 Å². The highest BCUT2D eigenvalue weighted by molar-refractivity contribution is 5.90. The largest absolute Gasteiger partial charge is 0.493 e. The van der Waals surface area contributed by atoms with E-state index in [1.807, 2.05) is 31.2 Å². The van der Waals surface area contributed by atoms with Gasteiger partial charge < -0.3 is 19.7 Å². The standard InChI is InChI=1S/C24H27FN4O4/c1-18-6-8-21(9-7-18)33-13-11-28(2)24(31)17-29-16-20(15-26-29)27-23(30)10-12-32-22-5-3-4-19(25)14-22/h3-9,14-16H,10-13,17H2,1-2H3,(H,27,30). The zero-order valence-electron chi connectivity index (χ0n) is 18.7. The van der Waals surface area contributed by atoms with Crippen molar-refractivity contribution in [3.8, 4) is 11.5 Å². The van der Waals surface area contributed by atoms with Gasteiger partial charge >= 0.3 is 0 Å². The number of carbonyl (C=O) groups is 2. The lowest BCUT2D eigenvalue weighted by Gasteiger charge is -2.17. The van der Waals surface area contributed by atoms with Crippen molar-refractivity contribution in [1.82, 2.24) is 14.7 Å². The minimum Gasteiger partial charge on any atom is -0.493 e. The van der Waals surface area contributed by atoms with Gasteiger partial charge in [0.05, 0.1) is 31.5 Å². The molecule has 8 nitrogen and oxygen atoms in total. The van der Waals surface area contributed by atoms with E-state index in [1.165, 1.54) is 29.1 Å². The molecule has 0 unspecified atom stereocenters. The molecule has 1 heterocycles. The minimum absolute atomic E-state index is 0.0413. The SMILES string of the molecule is Cc1ccc(OCCN(C)C(=O)Cn2cc(NC(=O)CCOc3cccc(F)c3)cn2)cc1. The lowest BCUT2D eigenvalue weighted by molar-refractivity contribution is -0.131. The highest BCUT2D eigenvalue weighted by Gasteiger charge is 2.12. The molecule has 0 radical (unpaired) electrons. The first-order valence-electron chi connectivity index (χ1n) is 10.5. The number of carbonyl (C=O) groups excluding carboxylic acids is 2. The number of nitrogens with zero attached hydrogens (tertiary/aromatic N) is 3. The Balaban J connectivity index is 1.36. The molecule has 0 atom stereocenters. The Kier molecular flexibility index (Phi) is 8.40. The van der Waals surface area contributed by atoms with Crippen LogP contribution < -0.4 is 14.8 Å². The number of halogens is 1. The molecule has 174 valence electrons. The monoisotopic (exact) mass is 454 g/mol. The van der Waals surface area contributed by atoms with Crippen molar-refractivity contribution in [3.05, 3.63) is 72.3 Å². The fraction of sp³-hybridized carbons (Fsp3) is 0.292. The maximum atomic E-state index is 13.1. The summed E-state index contributed by atoms with van der Waals surface area (Å²) in [7, 11) is 1.70. The summed E-state index contributed by atoms with van der Waals surface area (Å²) in [4.78, 5) is 26.0. The van der Waals surface area contributed by atoms with Crippen molar-refractivity contribution in [1.29, 1.82) is 0 Å². The number of aryl methyl sites for hydroxylation is 1. The molecule has 0 spiro atoms. The van der Waals surface area contributed by atoms with Gasteiger partial charge in [-0.25, -0.2) is 4.39 Å². The zero-order chi connectivity index (χ0) is 23.6. The number of benzene rings is 2. The Bertz CT molecular complexity index is 1070. The van der Waals surface area contributed by atoms with Crippen molar-refractivity contribution in [3.63, 3.8) is 0 Å². The van der Waals surface area contributed by atoms with E-state index in [1.54, 1.807) is 24.2 Å². The summed E-state index contributed by atoms with van der Waals surface area (Å²) in [5, 5.41) is 6.81. The molecule has 0 aliphatic rings. The van der Waals surface area contributed by atoms with Gasteiger partial charge in [-0.2, -0.15) is 5.10 Å². The summed E-state index contributed by atoms with van der Waals surface area (Å²) in [6, 6.07) is 13.5. The topological polar surface area (TPSA) is 85.7 Å². The van der Waals surface area contributed by atoms with Gasteiger partial charge in [-0.05, 0) is 31.2 Å². The third-order valence-corrected chi connectivity index (χ3v) is 4.75. The Hall–Kier alpha value is -3.88. The van der Waals surface area contributed by atoms with Gasteiger partial charge in [0, 0.05) is 19.3 Å². The quantitative estimate of drug-likeness (QED) is 0.481. The van der Waals surface area contributed by atoms with E-state index in [0.29, 0.717) is 24.6 Å². The molecule has 3 rings (SSSR count). The van der Waals surface area contributed by atoms with Crippen molar-refractivity contribution in [2.75, 3.05) is 32.1 Å². The molecule has 0 bridgehead atoms. The first kappa shape index (κ1) is 23.8. The zero-order valence-corrected chi connectivity index (χ0v) is 18.7. The van der Waals surface area contributed by atoms with Gasteiger partial charge in [0.2, 0.25) is 11.8 Å². The van der Waals surface area contributed by atoms with Crippen molar-refractivity contribution in [2.45, 2.75) is 19.9 Å². The van der Waals surface area contributed by atoms with Gasteiger partial charge in [-0.15, -0.1) is 0 Å². The molecular weight excluding hydrogens is 427 g/mol. The second kappa shape index (κ2) is 11.7. The molecule has 0 aliphatic heterocycles. The second-order valence-corrected chi connectivity index (χ2v) is 7.51. The number of nitrogens with one attached hydrogen (secondary N) is 1. The molecule has 0 aliphatic carbocycles. The molecule has 9 heteroatoms. The molecule has 2 amide bonds. The predicted molar refractivity (Wildman–Crippen MR) is 122 cm³/mol. The van der Waals surface area contributed by atoms with E-state index in [9.17, 15) is 14.0 Å². The van der Waals surface area contributed by atoms with Crippen LogP contribution in [0.4, 0.5) is 10.1 Å². The number of hydrogen-bond donors (Lipinski definition) is 1. The Morgan fingerprint density at radius 3 is 2.61 bits per heavy atom. The average molecular weight is 455 g/mol. The second-order valence-electron chi connectivity index (χ2n) is 7.51. The average Bonchev–Trinajstić information content (AvgIpc) is 3.21. The van der Waals surface area contributed by atoms with Crippen molar-refractivity contribution in [2.24, 2.45) is 0 Å². The van der Waals surface area contributed by atoms with E-state index in [2.05, 4.69) is 10.4 Å². The molecule has 0 saturated carbocycles. The molecule has 2 aromatic carbocycles. The number of hydrogen-bond acceptors (Lipinski definition) is 5. The van der Waals surface area contributed by atoms with Crippen LogP contribution in [0.25, 0.3) is 0 Å². The van der Waals surface area contributed by atoms with Crippen molar-refractivity contribution >= 4 is 17.5 Å². The van der Waals surface area contributed by atoms with Gasteiger partial charge in [-0.1, -0.05) is 23.8 Å². The Morgan fingerprint density at radius 1 is 1.09 bits per heavy atom. The van der Waals surface area contributed by atoms with E-state index in [-0.39, 0.29) is 31.4 Å². The summed E-state index contributed by atoms with van der Waals surface area (Å²) in [5.41, 5.74) is 1.63. The van der Waals surface area contributed by atoms with E-state index >= 15 is 0 Å². The smallest absolute Gasteiger partial charge is 0.244 e. The minimum atomic E-state index is -0.400. The molecule has 0 saturated heterocycles. The number of anilines is 1. The van der Waals surface area contributed by atoms with Crippen LogP contribution in [-0.2, 0) is 16.1 Å². The van der Waals surface area contributed by atoms with Gasteiger partial charge in [0.15, 0.2) is 0 Å². The van der Waals surface area contributed by atoms with Crippen LogP contribution in [0, 0.1) is 12.7 Å². The van der Waals surface area contributed by atoms with Gasteiger partial charge in [-0.3, -0.25) is 14.3 Å². The lowest BCUT2D eigenvalue weighted by atomic mass is 10.2. The lowest BCUT2D eigenvalue weighted by Crippen LogP contribution is -2.33. The Morgan fingerprint density at radius 2 is 1.85 bits per heavy atom. The highest BCUT2D eigenvalue weighted by Crippen LogP contribution is 2.13. The van der Waals surface area contributed by atoms with Crippen LogP contribution in [0.2, 0.25) is 0 Å². The predicted octanol–water partition coefficient (Wildman–Crippen LogP) is 3.28. The van der Waals surface area contributed by atoms with Crippen molar-refractivity contribution < 1.29 is 23.5 Å². The summed E-state index contributed by atoms with van der Waals surface area (Å²) >= 11 is 0. The molecule has 1 aromatic heterocycles. The van der Waals surface area contributed by atoms with Crippen LogP contribution in [0.3, 0.4) is 0 Å². The number of amides is 2. The first-order valence-corrected chi connectivity index (χ1v) is 10.5. The maximum Gasteiger partial charge on any atom is 0.244 e. The van der Waals surface area contributed by atoms with Crippen LogP contribution in [0.5, 0.6) is 11.5 Å².